The number of hydrogen-bond acceptors (Lipinski definition) is 10. The number of thioether (sulfide) groups is 1. The van der Waals surface area contributed by atoms with Gasteiger partial charge in [-0.2, -0.15) is 11.8 Å². The van der Waals surface area contributed by atoms with Crippen molar-refractivity contribution in [3.8, 4) is 5.75 Å². The molecule has 12 N–H and O–H groups in total. The van der Waals surface area contributed by atoms with E-state index < -0.39 is 60.3 Å². The molecule has 43 heavy (non-hydrogen) atoms. The molecule has 1 rings (SSSR count). The molecular formula is C28H47N7O7S. The van der Waals surface area contributed by atoms with Crippen molar-refractivity contribution in [1.82, 2.24) is 21.3 Å². The van der Waals surface area contributed by atoms with Crippen LogP contribution in [0, 0.1) is 0 Å². The largest absolute Gasteiger partial charge is 0.508 e. The quantitative estimate of drug-likeness (QED) is 0.0701. The third-order valence-corrected chi connectivity index (χ3v) is 7.21. The first-order chi connectivity index (χ1) is 20.5. The smallest absolute Gasteiger partial charge is 0.326 e. The highest BCUT2D eigenvalue weighted by Gasteiger charge is 2.28. The summed E-state index contributed by atoms with van der Waals surface area (Å²) in [5, 5.41) is 29.3. The van der Waals surface area contributed by atoms with Crippen molar-refractivity contribution in [2.75, 3.05) is 31.6 Å². The summed E-state index contributed by atoms with van der Waals surface area (Å²) in [6.07, 6.45) is 5.07. The van der Waals surface area contributed by atoms with Crippen molar-refractivity contribution in [3.63, 3.8) is 0 Å². The lowest BCUT2D eigenvalue weighted by Crippen LogP contribution is -2.55. The van der Waals surface area contributed by atoms with Gasteiger partial charge in [0.25, 0.3) is 0 Å². The molecule has 0 aliphatic heterocycles. The van der Waals surface area contributed by atoms with Gasteiger partial charge in [0.2, 0.25) is 23.6 Å². The SMILES string of the molecule is CSCCC(N)C(=O)NC(CCCCN)C(=O)NCC(=O)NC(CCCCN)C(=O)NC(Cc1ccc(O)cc1)C(=O)O. The van der Waals surface area contributed by atoms with E-state index in [0.717, 1.165) is 0 Å². The number of phenols is 1. The Labute approximate surface area is 256 Å². The van der Waals surface area contributed by atoms with Crippen molar-refractivity contribution in [2.24, 2.45) is 17.2 Å². The Balaban J connectivity index is 2.84. The summed E-state index contributed by atoms with van der Waals surface area (Å²) in [6.45, 7) is 0.315. The first kappa shape index (κ1) is 37.6. The Hall–Kier alpha value is -3.40. The molecule has 4 atom stereocenters. The minimum absolute atomic E-state index is 0.0217. The molecule has 242 valence electrons. The van der Waals surface area contributed by atoms with E-state index in [0.29, 0.717) is 62.9 Å². The van der Waals surface area contributed by atoms with Gasteiger partial charge in [-0.05, 0) is 87.7 Å². The van der Waals surface area contributed by atoms with Crippen molar-refractivity contribution in [1.29, 1.82) is 0 Å². The van der Waals surface area contributed by atoms with Gasteiger partial charge in [0.1, 0.15) is 23.9 Å². The van der Waals surface area contributed by atoms with Crippen LogP contribution >= 0.6 is 11.8 Å². The number of rotatable bonds is 22. The Morgan fingerprint density at radius 3 is 1.88 bits per heavy atom. The fourth-order valence-electron chi connectivity index (χ4n) is 4.05. The molecular weight excluding hydrogens is 578 g/mol. The van der Waals surface area contributed by atoms with Crippen LogP contribution < -0.4 is 38.5 Å². The minimum Gasteiger partial charge on any atom is -0.508 e. The van der Waals surface area contributed by atoms with Crippen molar-refractivity contribution >= 4 is 41.4 Å². The lowest BCUT2D eigenvalue weighted by atomic mass is 10.0. The third-order valence-electron chi connectivity index (χ3n) is 6.56. The van der Waals surface area contributed by atoms with Crippen LogP contribution in [-0.4, -0.2) is 95.6 Å². The lowest BCUT2D eigenvalue weighted by molar-refractivity contribution is -0.142. The van der Waals surface area contributed by atoms with Crippen LogP contribution in [0.15, 0.2) is 24.3 Å². The van der Waals surface area contributed by atoms with Crippen LogP contribution in [0.4, 0.5) is 0 Å². The number of unbranched alkanes of at least 4 members (excludes halogenated alkanes) is 2. The van der Waals surface area contributed by atoms with Crippen LogP contribution in [0.3, 0.4) is 0 Å². The second-order valence-corrected chi connectivity index (χ2v) is 11.1. The van der Waals surface area contributed by atoms with Crippen LogP contribution in [0.1, 0.15) is 50.5 Å². The molecule has 0 heterocycles. The number of aliphatic carboxylic acids is 1. The van der Waals surface area contributed by atoms with Gasteiger partial charge in [0, 0.05) is 6.42 Å². The number of carbonyl (C=O) groups excluding carboxylic acids is 4. The molecule has 14 nitrogen and oxygen atoms in total. The first-order valence-corrected chi connectivity index (χ1v) is 15.7. The van der Waals surface area contributed by atoms with Gasteiger partial charge < -0.3 is 48.7 Å². The van der Waals surface area contributed by atoms with E-state index >= 15 is 0 Å². The highest BCUT2D eigenvalue weighted by molar-refractivity contribution is 7.98. The monoisotopic (exact) mass is 625 g/mol. The lowest BCUT2D eigenvalue weighted by Gasteiger charge is -2.23. The van der Waals surface area contributed by atoms with E-state index in [9.17, 15) is 34.2 Å². The average molecular weight is 626 g/mol. The summed E-state index contributed by atoms with van der Waals surface area (Å²) >= 11 is 1.55. The van der Waals surface area contributed by atoms with Crippen LogP contribution in [0.2, 0.25) is 0 Å². The van der Waals surface area contributed by atoms with Crippen molar-refractivity contribution < 1.29 is 34.2 Å². The average Bonchev–Trinajstić information content (AvgIpc) is 2.98. The number of nitrogens with two attached hydrogens (primary N) is 3. The van der Waals surface area contributed by atoms with Crippen molar-refractivity contribution in [3.05, 3.63) is 29.8 Å². The Morgan fingerprint density at radius 2 is 1.35 bits per heavy atom. The molecule has 0 fully saturated rings. The first-order valence-electron chi connectivity index (χ1n) is 14.4. The van der Waals surface area contributed by atoms with Crippen LogP contribution in [0.25, 0.3) is 0 Å². The van der Waals surface area contributed by atoms with Gasteiger partial charge in [0.15, 0.2) is 0 Å². The van der Waals surface area contributed by atoms with Gasteiger partial charge in [-0.15, -0.1) is 0 Å². The van der Waals surface area contributed by atoms with Gasteiger partial charge in [-0.3, -0.25) is 19.2 Å². The molecule has 0 saturated carbocycles. The Bertz CT molecular complexity index is 1030. The maximum absolute atomic E-state index is 13.1. The number of carboxylic acid groups (broad SMARTS) is 1. The van der Waals surface area contributed by atoms with Gasteiger partial charge in [0.05, 0.1) is 12.6 Å². The summed E-state index contributed by atoms with van der Waals surface area (Å²) in [4.78, 5) is 63.1. The number of hydrogen-bond donors (Lipinski definition) is 9. The molecule has 0 radical (unpaired) electrons. The molecule has 0 aliphatic carbocycles. The number of amides is 4. The molecule has 1 aromatic carbocycles. The van der Waals surface area contributed by atoms with E-state index in [1.165, 1.54) is 12.1 Å². The molecule has 0 aliphatic rings. The van der Waals surface area contributed by atoms with E-state index in [1.807, 2.05) is 6.26 Å². The number of nitrogens with one attached hydrogen (secondary N) is 4. The summed E-state index contributed by atoms with van der Waals surface area (Å²) in [6, 6.07) is 1.85. The summed E-state index contributed by atoms with van der Waals surface area (Å²) in [5.41, 5.74) is 17.6. The minimum atomic E-state index is -1.29. The molecule has 0 spiro atoms. The maximum atomic E-state index is 13.1. The zero-order valence-corrected chi connectivity index (χ0v) is 25.5. The van der Waals surface area contributed by atoms with E-state index in [2.05, 4.69) is 21.3 Å². The summed E-state index contributed by atoms with van der Waals surface area (Å²) in [5.74, 6) is -2.98. The van der Waals surface area contributed by atoms with E-state index in [-0.39, 0.29) is 18.6 Å². The zero-order chi connectivity index (χ0) is 32.2. The molecule has 15 heteroatoms. The zero-order valence-electron chi connectivity index (χ0n) is 24.7. The van der Waals surface area contributed by atoms with E-state index in [1.54, 1.807) is 23.9 Å². The number of aromatic hydroxyl groups is 1. The number of benzene rings is 1. The molecule has 0 saturated heterocycles. The molecule has 4 unspecified atom stereocenters. The number of carbonyl (C=O) groups is 5. The van der Waals surface area contributed by atoms with Gasteiger partial charge in [-0.25, -0.2) is 4.79 Å². The predicted octanol–water partition coefficient (Wildman–Crippen LogP) is -1.07. The second-order valence-electron chi connectivity index (χ2n) is 10.1. The third kappa shape index (κ3) is 15.6. The normalized spacial score (nSPS) is 13.7. The highest BCUT2D eigenvalue weighted by Crippen LogP contribution is 2.12. The van der Waals surface area contributed by atoms with E-state index in [4.69, 9.17) is 17.2 Å². The van der Waals surface area contributed by atoms with Crippen LogP contribution in [0.5, 0.6) is 5.75 Å². The Kier molecular flexibility index (Phi) is 18.6. The molecule has 4 amide bonds. The second kappa shape index (κ2) is 21.3. The number of carboxylic acids is 1. The van der Waals surface area contributed by atoms with Gasteiger partial charge >= 0.3 is 5.97 Å². The highest BCUT2D eigenvalue weighted by atomic mass is 32.2. The standard InChI is InChI=1S/C28H47N7O7S/c1-43-15-12-20(31)25(38)34-21(6-2-4-13-29)26(39)32-17-24(37)33-22(7-3-5-14-30)27(40)35-23(28(41)42)16-18-8-10-19(36)11-9-18/h8-11,20-23,36H,2-7,12-17,29-31H2,1H3,(H,32,39)(H,33,37)(H,34,38)(H,35,40)(H,41,42). The molecule has 1 aromatic rings. The Morgan fingerprint density at radius 1 is 0.791 bits per heavy atom. The molecule has 0 bridgehead atoms. The maximum Gasteiger partial charge on any atom is 0.326 e. The predicted molar refractivity (Wildman–Crippen MR) is 165 cm³/mol. The van der Waals surface area contributed by atoms with Gasteiger partial charge in [-0.1, -0.05) is 12.1 Å². The number of phenolic OH excluding ortho intramolecular Hbond substituents is 1. The van der Waals surface area contributed by atoms with Crippen molar-refractivity contribution in [2.45, 2.75) is 75.5 Å². The molecule has 0 aromatic heterocycles. The fourth-order valence-corrected chi connectivity index (χ4v) is 4.54. The topological polar surface area (TPSA) is 252 Å². The summed E-state index contributed by atoms with van der Waals surface area (Å²) in [7, 11) is 0. The fraction of sp³-hybridized carbons (Fsp3) is 0.607. The van der Waals surface area contributed by atoms with Crippen LogP contribution in [-0.2, 0) is 30.4 Å². The summed E-state index contributed by atoms with van der Waals surface area (Å²) < 4.78 is 0.